The first kappa shape index (κ1) is 22.8. The van der Waals surface area contributed by atoms with Crippen LogP contribution < -0.4 is 4.52 Å². The van der Waals surface area contributed by atoms with E-state index in [0.29, 0.717) is 24.7 Å². The molecule has 0 spiro atoms. The fourth-order valence-corrected chi connectivity index (χ4v) is 5.00. The maximum absolute atomic E-state index is 12.1. The van der Waals surface area contributed by atoms with Gasteiger partial charge in [0.1, 0.15) is 5.75 Å². The summed E-state index contributed by atoms with van der Waals surface area (Å²) in [6.07, 6.45) is 2.77. The second kappa shape index (κ2) is 10.9. The fourth-order valence-electron chi connectivity index (χ4n) is 2.93. The summed E-state index contributed by atoms with van der Waals surface area (Å²) < 4.78 is 16.8. The number of carbonyl (C=O) groups excluding carboxylic acids is 1. The molecule has 0 saturated carbocycles. The smallest absolute Gasteiger partial charge is 0.424 e. The third-order valence-electron chi connectivity index (χ3n) is 4.25. The molecule has 0 radical (unpaired) electrons. The van der Waals surface area contributed by atoms with E-state index in [9.17, 15) is 4.79 Å². The molecule has 1 aliphatic heterocycles. The number of piperidine rings is 1. The lowest BCUT2D eigenvalue weighted by Crippen LogP contribution is -2.35. The van der Waals surface area contributed by atoms with Crippen molar-refractivity contribution in [2.75, 3.05) is 26.3 Å². The molecule has 1 heterocycles. The highest BCUT2D eigenvalue weighted by Crippen LogP contribution is 2.49. The molecule has 0 unspecified atom stereocenters. The van der Waals surface area contributed by atoms with Crippen molar-refractivity contribution >= 4 is 30.3 Å². The lowest BCUT2D eigenvalue weighted by molar-refractivity contribution is 0.0981. The summed E-state index contributed by atoms with van der Waals surface area (Å²) in [7, 11) is 0. The molecule has 1 amide bonds. The van der Waals surface area contributed by atoms with Crippen molar-refractivity contribution in [3.63, 3.8) is 0 Å². The third kappa shape index (κ3) is 6.55. The Morgan fingerprint density at radius 2 is 1.82 bits per heavy atom. The van der Waals surface area contributed by atoms with Crippen molar-refractivity contribution in [3.05, 3.63) is 29.3 Å². The van der Waals surface area contributed by atoms with Gasteiger partial charge in [0.15, 0.2) is 0 Å². The summed E-state index contributed by atoms with van der Waals surface area (Å²) in [4.78, 5) is 18.9. The number of benzene rings is 1. The summed E-state index contributed by atoms with van der Waals surface area (Å²) in [6, 6.07) is 5.49. The Balaban J connectivity index is 2.05. The Morgan fingerprint density at radius 3 is 2.39 bits per heavy atom. The first-order valence-corrected chi connectivity index (χ1v) is 12.1. The lowest BCUT2D eigenvalue weighted by atomic mass is 10.1. The van der Waals surface area contributed by atoms with Crippen molar-refractivity contribution in [2.45, 2.75) is 47.0 Å². The van der Waals surface area contributed by atoms with Gasteiger partial charge >= 0.3 is 12.8 Å². The van der Waals surface area contributed by atoms with Gasteiger partial charge in [0, 0.05) is 30.5 Å². The van der Waals surface area contributed by atoms with Crippen LogP contribution in [0.5, 0.6) is 5.75 Å². The minimum absolute atomic E-state index is 0.397. The van der Waals surface area contributed by atoms with Crippen LogP contribution in [-0.2, 0) is 25.7 Å². The number of nitrogens with zero attached hydrogens (tertiary/aromatic N) is 2. The van der Waals surface area contributed by atoms with Gasteiger partial charge in [-0.3, -0.25) is 13.9 Å². The van der Waals surface area contributed by atoms with Crippen LogP contribution in [0.2, 0.25) is 0 Å². The van der Waals surface area contributed by atoms with Crippen LogP contribution in [0, 0.1) is 6.92 Å². The Hall–Kier alpha value is -1.47. The Kier molecular flexibility index (Phi) is 8.89. The summed E-state index contributed by atoms with van der Waals surface area (Å²) in [5, 5.41) is 4.02. The van der Waals surface area contributed by atoms with Gasteiger partial charge in [-0.25, -0.2) is 4.79 Å². The molecule has 156 valence electrons. The number of amides is 1. The van der Waals surface area contributed by atoms with Crippen LogP contribution in [0.3, 0.4) is 0 Å². The van der Waals surface area contributed by atoms with Gasteiger partial charge in [-0.15, -0.1) is 0 Å². The second-order valence-electron chi connectivity index (χ2n) is 6.43. The normalized spacial score (nSPS) is 15.4. The first-order chi connectivity index (χ1) is 13.4. The topological polar surface area (TPSA) is 69.6 Å². The summed E-state index contributed by atoms with van der Waals surface area (Å²) in [5.41, 5.74) is 2.39. The highest BCUT2D eigenvalue weighted by atomic mass is 32.5. The van der Waals surface area contributed by atoms with E-state index in [1.165, 1.54) is 0 Å². The van der Waals surface area contributed by atoms with Crippen LogP contribution in [-0.4, -0.2) is 43.0 Å². The van der Waals surface area contributed by atoms with Crippen molar-refractivity contribution in [1.82, 2.24) is 4.90 Å². The van der Waals surface area contributed by atoms with E-state index in [1.807, 2.05) is 32.9 Å². The number of oxime groups is 1. The maximum atomic E-state index is 12.1. The molecule has 1 fully saturated rings. The van der Waals surface area contributed by atoms with Crippen molar-refractivity contribution < 1.29 is 23.2 Å². The van der Waals surface area contributed by atoms with E-state index in [0.717, 1.165) is 43.5 Å². The number of carbonyl (C=O) groups is 1. The highest BCUT2D eigenvalue weighted by Gasteiger charge is 2.22. The molecule has 0 bridgehead atoms. The number of rotatable bonds is 8. The number of hydrogen-bond acceptors (Lipinski definition) is 7. The zero-order valence-electron chi connectivity index (χ0n) is 17.0. The predicted molar refractivity (Wildman–Crippen MR) is 113 cm³/mol. The Morgan fingerprint density at radius 1 is 1.18 bits per heavy atom. The molecular weight excluding hydrogens is 399 g/mol. The SMILES string of the molecule is CCOP(=S)(OCC)Oc1ccc(/C(C)=N\OC(=O)N2CCCCC2)c(C)c1. The maximum Gasteiger partial charge on any atom is 0.435 e. The largest absolute Gasteiger partial charge is 0.435 e. The van der Waals surface area contributed by atoms with Crippen LogP contribution in [0.15, 0.2) is 23.4 Å². The molecule has 0 N–H and O–H groups in total. The monoisotopic (exact) mass is 428 g/mol. The number of hydrogen-bond donors (Lipinski definition) is 0. The van der Waals surface area contributed by atoms with Gasteiger partial charge < -0.3 is 9.42 Å². The zero-order chi connectivity index (χ0) is 20.6. The number of aryl methyl sites for hydroxylation is 1. The van der Waals surface area contributed by atoms with Gasteiger partial charge in [-0.05, 0) is 70.7 Å². The van der Waals surface area contributed by atoms with Crippen LogP contribution in [0.25, 0.3) is 0 Å². The van der Waals surface area contributed by atoms with Crippen LogP contribution in [0.1, 0.15) is 51.2 Å². The van der Waals surface area contributed by atoms with E-state index in [1.54, 1.807) is 17.9 Å². The van der Waals surface area contributed by atoms with Gasteiger partial charge in [-0.1, -0.05) is 5.16 Å². The molecule has 1 aromatic carbocycles. The average Bonchev–Trinajstić information content (AvgIpc) is 2.67. The molecule has 2 rings (SSSR count). The number of likely N-dealkylation sites (tertiary alicyclic amines) is 1. The van der Waals surface area contributed by atoms with Gasteiger partial charge in [0.25, 0.3) is 0 Å². The highest BCUT2D eigenvalue weighted by molar-refractivity contribution is 8.07. The average molecular weight is 428 g/mol. The van der Waals surface area contributed by atoms with Gasteiger partial charge in [0.2, 0.25) is 0 Å². The van der Waals surface area contributed by atoms with Crippen molar-refractivity contribution in [1.29, 1.82) is 0 Å². The summed E-state index contributed by atoms with van der Waals surface area (Å²) >= 11 is 5.40. The quantitative estimate of drug-likeness (QED) is 0.251. The standard InChI is InChI=1S/C19H29N2O5PS/c1-5-23-27(28,24-6-2)26-17-10-11-18(15(3)14-17)16(4)20-25-19(22)21-12-8-7-9-13-21/h10-11,14H,5-9,12-13H2,1-4H3/b20-16-. The zero-order valence-corrected chi connectivity index (χ0v) is 18.7. The van der Waals surface area contributed by atoms with E-state index in [-0.39, 0.29) is 0 Å². The minimum atomic E-state index is -2.81. The van der Waals surface area contributed by atoms with Crippen molar-refractivity contribution in [2.24, 2.45) is 5.16 Å². The Labute approximate surface area is 172 Å². The van der Waals surface area contributed by atoms with Crippen molar-refractivity contribution in [3.8, 4) is 5.75 Å². The van der Waals surface area contributed by atoms with Gasteiger partial charge in [0.05, 0.1) is 18.9 Å². The summed E-state index contributed by atoms with van der Waals surface area (Å²) in [6.45, 7) is 6.91. The van der Waals surface area contributed by atoms with Gasteiger partial charge in [-0.2, -0.15) is 0 Å². The molecular formula is C19H29N2O5PS. The van der Waals surface area contributed by atoms with E-state index < -0.39 is 12.8 Å². The van der Waals surface area contributed by atoms with Crippen LogP contribution >= 0.6 is 6.72 Å². The molecule has 1 saturated heterocycles. The molecule has 9 heteroatoms. The molecule has 0 aliphatic carbocycles. The first-order valence-electron chi connectivity index (χ1n) is 9.58. The molecule has 28 heavy (non-hydrogen) atoms. The van der Waals surface area contributed by atoms with E-state index >= 15 is 0 Å². The molecule has 1 aromatic rings. The van der Waals surface area contributed by atoms with Crippen LogP contribution in [0.4, 0.5) is 4.79 Å². The minimum Gasteiger partial charge on any atom is -0.424 e. The van der Waals surface area contributed by atoms with E-state index in [4.69, 9.17) is 30.2 Å². The lowest BCUT2D eigenvalue weighted by Gasteiger charge is -2.24. The molecule has 0 atom stereocenters. The molecule has 0 aromatic heterocycles. The third-order valence-corrected chi connectivity index (χ3v) is 6.69. The summed E-state index contributed by atoms with van der Waals surface area (Å²) in [5.74, 6) is 0.574. The molecule has 7 nitrogen and oxygen atoms in total. The second-order valence-corrected chi connectivity index (χ2v) is 9.37. The molecule has 1 aliphatic rings. The predicted octanol–water partition coefficient (Wildman–Crippen LogP) is 5.02. The Bertz CT molecular complexity index is 740. The van der Waals surface area contributed by atoms with E-state index in [2.05, 4.69) is 5.16 Å². The fraction of sp³-hybridized carbons (Fsp3) is 0.579.